The fourth-order valence-electron chi connectivity index (χ4n) is 3.66. The maximum absolute atomic E-state index is 12.0. The van der Waals surface area contributed by atoms with E-state index in [1.165, 1.54) is 5.69 Å². The van der Waals surface area contributed by atoms with Gasteiger partial charge in [0.2, 0.25) is 0 Å². The number of carbonyl (C=O) groups excluding carboxylic acids is 2. The summed E-state index contributed by atoms with van der Waals surface area (Å²) in [5.74, 6) is -0.264. The van der Waals surface area contributed by atoms with Gasteiger partial charge >= 0.3 is 11.8 Å². The molecule has 0 aromatic heterocycles. The van der Waals surface area contributed by atoms with Crippen LogP contribution in [0.3, 0.4) is 0 Å². The van der Waals surface area contributed by atoms with Crippen molar-refractivity contribution in [2.24, 2.45) is 0 Å². The Bertz CT molecular complexity index is 670. The molecule has 1 aromatic rings. The summed E-state index contributed by atoms with van der Waals surface area (Å²) >= 11 is 0. The molecule has 2 heterocycles. The van der Waals surface area contributed by atoms with Crippen LogP contribution < -0.4 is 20.3 Å². The Labute approximate surface area is 178 Å². The average Bonchev–Trinajstić information content (AvgIpc) is 2.80. The molecule has 0 radical (unpaired) electrons. The lowest BCUT2D eigenvalue weighted by Gasteiger charge is -2.36. The van der Waals surface area contributed by atoms with Crippen molar-refractivity contribution in [1.82, 2.24) is 20.4 Å². The van der Waals surface area contributed by atoms with Crippen molar-refractivity contribution in [2.75, 3.05) is 90.7 Å². The summed E-state index contributed by atoms with van der Waals surface area (Å²) < 4.78 is 10.5. The topological polar surface area (TPSA) is 86.4 Å². The van der Waals surface area contributed by atoms with Gasteiger partial charge in [-0.25, -0.2) is 0 Å². The van der Waals surface area contributed by atoms with Crippen LogP contribution in [0.15, 0.2) is 24.3 Å². The third-order valence-corrected chi connectivity index (χ3v) is 5.55. The molecular weight excluding hydrogens is 386 g/mol. The standard InChI is InChI=1S/C21H33N5O4/c1-29-19-4-2-18(3-5-19)26-12-10-24(11-13-26)8-6-22-20(27)21(28)23-7-9-25-14-16-30-17-15-25/h2-5H,6-17H2,1H3,(H,22,27)(H,23,28). The van der Waals surface area contributed by atoms with Crippen molar-refractivity contribution in [2.45, 2.75) is 0 Å². The van der Waals surface area contributed by atoms with Gasteiger partial charge < -0.3 is 25.0 Å². The molecule has 0 bridgehead atoms. The van der Waals surface area contributed by atoms with Crippen LogP contribution in [0, 0.1) is 0 Å². The summed E-state index contributed by atoms with van der Waals surface area (Å²) in [6, 6.07) is 8.10. The first-order valence-electron chi connectivity index (χ1n) is 10.6. The van der Waals surface area contributed by atoms with E-state index in [0.29, 0.717) is 13.1 Å². The number of carbonyl (C=O) groups is 2. The zero-order valence-electron chi connectivity index (χ0n) is 17.8. The van der Waals surface area contributed by atoms with E-state index in [2.05, 4.69) is 37.5 Å². The molecule has 2 aliphatic rings. The van der Waals surface area contributed by atoms with Crippen LogP contribution in [0.1, 0.15) is 0 Å². The van der Waals surface area contributed by atoms with E-state index >= 15 is 0 Å². The Morgan fingerprint density at radius 2 is 1.40 bits per heavy atom. The minimum Gasteiger partial charge on any atom is -0.497 e. The number of amides is 2. The van der Waals surface area contributed by atoms with Crippen LogP contribution in [0.5, 0.6) is 5.75 Å². The summed E-state index contributed by atoms with van der Waals surface area (Å²) in [7, 11) is 1.67. The fourth-order valence-corrected chi connectivity index (χ4v) is 3.66. The Hall–Kier alpha value is -2.36. The zero-order valence-corrected chi connectivity index (χ0v) is 17.8. The second-order valence-electron chi connectivity index (χ2n) is 7.49. The normalized spacial score (nSPS) is 18.1. The lowest BCUT2D eigenvalue weighted by atomic mass is 10.2. The van der Waals surface area contributed by atoms with Crippen LogP contribution in [0.25, 0.3) is 0 Å². The second-order valence-corrected chi connectivity index (χ2v) is 7.49. The molecule has 0 aliphatic carbocycles. The van der Waals surface area contributed by atoms with Gasteiger partial charge in [-0.1, -0.05) is 0 Å². The minimum atomic E-state index is -0.562. The number of anilines is 1. The number of nitrogens with zero attached hydrogens (tertiary/aromatic N) is 3. The van der Waals surface area contributed by atoms with E-state index in [9.17, 15) is 9.59 Å². The number of rotatable bonds is 8. The summed E-state index contributed by atoms with van der Waals surface area (Å²) in [5.41, 5.74) is 1.19. The summed E-state index contributed by atoms with van der Waals surface area (Å²) in [6.07, 6.45) is 0. The van der Waals surface area contributed by atoms with Crippen molar-refractivity contribution >= 4 is 17.5 Å². The molecule has 2 saturated heterocycles. The molecule has 2 aliphatic heterocycles. The number of morpholine rings is 1. The molecule has 0 atom stereocenters. The summed E-state index contributed by atoms with van der Waals surface area (Å²) in [5, 5.41) is 5.41. The number of hydrogen-bond donors (Lipinski definition) is 2. The van der Waals surface area contributed by atoms with Crippen LogP contribution in [-0.4, -0.2) is 107 Å². The van der Waals surface area contributed by atoms with E-state index in [1.54, 1.807) is 7.11 Å². The Morgan fingerprint density at radius 3 is 1.93 bits per heavy atom. The third-order valence-electron chi connectivity index (χ3n) is 5.55. The molecule has 1 aromatic carbocycles. The minimum absolute atomic E-state index is 0.470. The number of ether oxygens (including phenoxy) is 2. The highest BCUT2D eigenvalue weighted by Gasteiger charge is 2.18. The van der Waals surface area contributed by atoms with Gasteiger partial charge in [-0.3, -0.25) is 19.4 Å². The van der Waals surface area contributed by atoms with Crippen LogP contribution >= 0.6 is 0 Å². The molecule has 30 heavy (non-hydrogen) atoms. The molecular formula is C21H33N5O4. The molecule has 9 heteroatoms. The lowest BCUT2D eigenvalue weighted by molar-refractivity contribution is -0.139. The molecule has 0 spiro atoms. The lowest BCUT2D eigenvalue weighted by Crippen LogP contribution is -2.50. The maximum Gasteiger partial charge on any atom is 0.309 e. The zero-order chi connectivity index (χ0) is 21.2. The first-order chi connectivity index (χ1) is 14.7. The van der Waals surface area contributed by atoms with Crippen molar-refractivity contribution in [1.29, 1.82) is 0 Å². The van der Waals surface area contributed by atoms with E-state index in [-0.39, 0.29) is 0 Å². The van der Waals surface area contributed by atoms with Crippen molar-refractivity contribution in [3.63, 3.8) is 0 Å². The summed E-state index contributed by atoms with van der Waals surface area (Å²) in [4.78, 5) is 30.7. The van der Waals surface area contributed by atoms with Crippen molar-refractivity contribution in [3.05, 3.63) is 24.3 Å². The summed E-state index contributed by atoms with van der Waals surface area (Å²) in [6.45, 7) is 9.32. The molecule has 2 fully saturated rings. The maximum atomic E-state index is 12.0. The molecule has 2 N–H and O–H groups in total. The van der Waals surface area contributed by atoms with Gasteiger partial charge in [-0.2, -0.15) is 0 Å². The van der Waals surface area contributed by atoms with Gasteiger partial charge in [-0.15, -0.1) is 0 Å². The number of methoxy groups -OCH3 is 1. The van der Waals surface area contributed by atoms with E-state index in [1.807, 2.05) is 12.1 Å². The number of benzene rings is 1. The number of nitrogens with one attached hydrogen (secondary N) is 2. The van der Waals surface area contributed by atoms with Gasteiger partial charge in [0, 0.05) is 71.1 Å². The molecule has 3 rings (SSSR count). The van der Waals surface area contributed by atoms with Gasteiger partial charge in [0.05, 0.1) is 20.3 Å². The fraction of sp³-hybridized carbons (Fsp3) is 0.619. The van der Waals surface area contributed by atoms with Gasteiger partial charge in [0.25, 0.3) is 0 Å². The molecule has 9 nitrogen and oxygen atoms in total. The molecule has 0 unspecified atom stereocenters. The third kappa shape index (κ3) is 6.86. The first kappa shape index (κ1) is 22.3. The highest BCUT2D eigenvalue weighted by molar-refractivity contribution is 6.35. The highest BCUT2D eigenvalue weighted by Crippen LogP contribution is 2.20. The average molecular weight is 420 g/mol. The predicted molar refractivity (Wildman–Crippen MR) is 115 cm³/mol. The Morgan fingerprint density at radius 1 is 0.867 bits per heavy atom. The highest BCUT2D eigenvalue weighted by atomic mass is 16.5. The van der Waals surface area contributed by atoms with Crippen LogP contribution in [0.4, 0.5) is 5.69 Å². The van der Waals surface area contributed by atoms with Crippen LogP contribution in [0.2, 0.25) is 0 Å². The van der Waals surface area contributed by atoms with Gasteiger partial charge in [0.15, 0.2) is 0 Å². The van der Waals surface area contributed by atoms with Crippen molar-refractivity contribution in [3.8, 4) is 5.75 Å². The Balaban J connectivity index is 1.27. The van der Waals surface area contributed by atoms with E-state index < -0.39 is 11.8 Å². The number of piperazine rings is 1. The van der Waals surface area contributed by atoms with Crippen LogP contribution in [-0.2, 0) is 14.3 Å². The quantitative estimate of drug-likeness (QED) is 0.543. The van der Waals surface area contributed by atoms with Gasteiger partial charge in [-0.05, 0) is 24.3 Å². The SMILES string of the molecule is COc1ccc(N2CCN(CCNC(=O)C(=O)NCCN3CCOCC3)CC2)cc1. The van der Waals surface area contributed by atoms with Crippen molar-refractivity contribution < 1.29 is 19.1 Å². The second kappa shape index (κ2) is 11.7. The largest absolute Gasteiger partial charge is 0.497 e. The Kier molecular flexibility index (Phi) is 8.73. The van der Waals surface area contributed by atoms with Gasteiger partial charge in [0.1, 0.15) is 5.75 Å². The monoisotopic (exact) mass is 419 g/mol. The predicted octanol–water partition coefficient (Wildman–Crippen LogP) is -0.618. The smallest absolute Gasteiger partial charge is 0.309 e. The molecule has 0 saturated carbocycles. The van der Waals surface area contributed by atoms with E-state index in [4.69, 9.17) is 9.47 Å². The number of hydrogen-bond acceptors (Lipinski definition) is 7. The first-order valence-corrected chi connectivity index (χ1v) is 10.6. The van der Waals surface area contributed by atoms with E-state index in [0.717, 1.165) is 71.3 Å². The molecule has 166 valence electrons. The molecule has 2 amide bonds.